The van der Waals surface area contributed by atoms with Crippen molar-refractivity contribution in [1.82, 2.24) is 10.2 Å². The second-order valence-electron chi connectivity index (χ2n) is 5.57. The Bertz CT molecular complexity index is 343. The lowest BCUT2D eigenvalue weighted by molar-refractivity contribution is -0.153. The molecule has 2 saturated heterocycles. The van der Waals surface area contributed by atoms with Crippen LogP contribution in [0.4, 0.5) is 0 Å². The second-order valence-corrected chi connectivity index (χ2v) is 5.57. The first-order valence-electron chi connectivity index (χ1n) is 6.71. The van der Waals surface area contributed by atoms with Gasteiger partial charge in [-0.1, -0.05) is 13.8 Å². The van der Waals surface area contributed by atoms with Gasteiger partial charge in [0.05, 0.1) is 12.6 Å². The van der Waals surface area contributed by atoms with Gasteiger partial charge in [-0.05, 0) is 25.7 Å². The first kappa shape index (κ1) is 13.3. The third kappa shape index (κ3) is 2.51. The molecule has 0 aromatic heterocycles. The predicted molar refractivity (Wildman–Crippen MR) is 66.9 cm³/mol. The summed E-state index contributed by atoms with van der Waals surface area (Å²) in [6.45, 7) is 6.79. The Morgan fingerprint density at radius 2 is 2.11 bits per heavy atom. The maximum atomic E-state index is 12.1. The molecule has 0 aromatic rings. The van der Waals surface area contributed by atoms with Gasteiger partial charge in [0.15, 0.2) is 0 Å². The molecule has 2 aliphatic rings. The number of carbonyl (C=O) groups excluding carboxylic acids is 2. The van der Waals surface area contributed by atoms with Gasteiger partial charge < -0.3 is 15.0 Å². The fourth-order valence-electron chi connectivity index (χ4n) is 2.92. The minimum Gasteiger partial charge on any atom is -0.378 e. The standard InChI is InChI=1S/C13H22N2O3/c1-8(2)12-13(17)14-7-11(16)15(12)10-4-5-18-9(3)6-10/h8-10,12H,4-7H2,1-3H3,(H,14,17). The zero-order valence-electron chi connectivity index (χ0n) is 11.3. The van der Waals surface area contributed by atoms with Crippen molar-refractivity contribution >= 4 is 11.8 Å². The molecular weight excluding hydrogens is 232 g/mol. The van der Waals surface area contributed by atoms with Crippen LogP contribution in [0.15, 0.2) is 0 Å². The molecule has 2 rings (SSSR count). The molecule has 18 heavy (non-hydrogen) atoms. The zero-order valence-corrected chi connectivity index (χ0v) is 11.3. The van der Waals surface area contributed by atoms with Crippen LogP contribution in [-0.2, 0) is 14.3 Å². The highest BCUT2D eigenvalue weighted by Crippen LogP contribution is 2.25. The average Bonchev–Trinajstić information content (AvgIpc) is 2.31. The van der Waals surface area contributed by atoms with Gasteiger partial charge in [-0.3, -0.25) is 9.59 Å². The van der Waals surface area contributed by atoms with E-state index in [9.17, 15) is 9.59 Å². The number of ether oxygens (including phenoxy) is 1. The van der Waals surface area contributed by atoms with Gasteiger partial charge in [-0.25, -0.2) is 0 Å². The summed E-state index contributed by atoms with van der Waals surface area (Å²) in [5.74, 6) is 0.142. The van der Waals surface area contributed by atoms with Crippen LogP contribution < -0.4 is 5.32 Å². The molecule has 102 valence electrons. The third-order valence-electron chi connectivity index (χ3n) is 3.75. The van der Waals surface area contributed by atoms with Crippen molar-refractivity contribution in [2.45, 2.75) is 51.8 Å². The molecule has 0 bridgehead atoms. The van der Waals surface area contributed by atoms with Crippen LogP contribution in [0.3, 0.4) is 0 Å². The summed E-state index contributed by atoms with van der Waals surface area (Å²) in [5, 5.41) is 2.68. The normalized spacial score (nSPS) is 33.8. The average molecular weight is 254 g/mol. The molecule has 3 atom stereocenters. The quantitative estimate of drug-likeness (QED) is 0.782. The minimum absolute atomic E-state index is 0.0243. The molecule has 3 unspecified atom stereocenters. The molecule has 1 N–H and O–H groups in total. The van der Waals surface area contributed by atoms with Crippen molar-refractivity contribution in [3.05, 3.63) is 0 Å². The number of carbonyl (C=O) groups is 2. The van der Waals surface area contributed by atoms with Crippen LogP contribution in [0.1, 0.15) is 33.6 Å². The van der Waals surface area contributed by atoms with Gasteiger partial charge in [-0.15, -0.1) is 0 Å². The Morgan fingerprint density at radius 1 is 1.39 bits per heavy atom. The summed E-state index contributed by atoms with van der Waals surface area (Å²) in [7, 11) is 0. The van der Waals surface area contributed by atoms with Crippen LogP contribution >= 0.6 is 0 Å². The highest BCUT2D eigenvalue weighted by molar-refractivity contribution is 5.95. The summed E-state index contributed by atoms with van der Waals surface area (Å²) in [6.07, 6.45) is 1.81. The Hall–Kier alpha value is -1.10. The van der Waals surface area contributed by atoms with Gasteiger partial charge in [-0.2, -0.15) is 0 Å². The Balaban J connectivity index is 2.19. The Labute approximate surface area is 108 Å². The smallest absolute Gasteiger partial charge is 0.243 e. The van der Waals surface area contributed by atoms with E-state index < -0.39 is 0 Å². The number of piperazine rings is 1. The van der Waals surface area contributed by atoms with Gasteiger partial charge in [0.2, 0.25) is 11.8 Å². The molecule has 2 heterocycles. The number of hydrogen-bond acceptors (Lipinski definition) is 3. The summed E-state index contributed by atoms with van der Waals surface area (Å²) in [4.78, 5) is 25.9. The van der Waals surface area contributed by atoms with Gasteiger partial charge >= 0.3 is 0 Å². The molecule has 5 nitrogen and oxygen atoms in total. The van der Waals surface area contributed by atoms with E-state index in [0.717, 1.165) is 12.8 Å². The van der Waals surface area contributed by atoms with E-state index in [1.54, 1.807) is 0 Å². The first-order chi connectivity index (χ1) is 8.50. The van der Waals surface area contributed by atoms with Crippen molar-refractivity contribution in [2.24, 2.45) is 5.92 Å². The number of hydrogen-bond donors (Lipinski definition) is 1. The number of amides is 2. The van der Waals surface area contributed by atoms with E-state index in [0.29, 0.717) is 6.61 Å². The van der Waals surface area contributed by atoms with Crippen LogP contribution in [-0.4, -0.2) is 48.1 Å². The number of rotatable bonds is 2. The third-order valence-corrected chi connectivity index (χ3v) is 3.75. The van der Waals surface area contributed by atoms with E-state index in [1.807, 2.05) is 25.7 Å². The minimum atomic E-state index is -0.332. The monoisotopic (exact) mass is 254 g/mol. The van der Waals surface area contributed by atoms with Crippen molar-refractivity contribution < 1.29 is 14.3 Å². The van der Waals surface area contributed by atoms with E-state index in [-0.39, 0.29) is 42.5 Å². The van der Waals surface area contributed by atoms with E-state index in [1.165, 1.54) is 0 Å². The topological polar surface area (TPSA) is 58.6 Å². The molecule has 0 aliphatic carbocycles. The molecule has 2 aliphatic heterocycles. The molecule has 5 heteroatoms. The number of nitrogens with zero attached hydrogens (tertiary/aromatic N) is 1. The number of nitrogens with one attached hydrogen (secondary N) is 1. The first-order valence-corrected chi connectivity index (χ1v) is 6.71. The second kappa shape index (κ2) is 5.26. The summed E-state index contributed by atoms with van der Waals surface area (Å²) < 4.78 is 5.52. The van der Waals surface area contributed by atoms with Crippen LogP contribution in [0.25, 0.3) is 0 Å². The van der Waals surface area contributed by atoms with Crippen molar-refractivity contribution in [3.63, 3.8) is 0 Å². The molecule has 0 saturated carbocycles. The lowest BCUT2D eigenvalue weighted by atomic mass is 9.93. The van der Waals surface area contributed by atoms with Crippen LogP contribution in [0, 0.1) is 5.92 Å². The summed E-state index contributed by atoms with van der Waals surface area (Å²) in [5.41, 5.74) is 0. The largest absolute Gasteiger partial charge is 0.378 e. The lowest BCUT2D eigenvalue weighted by Crippen LogP contribution is -2.64. The van der Waals surface area contributed by atoms with Gasteiger partial charge in [0.25, 0.3) is 0 Å². The Morgan fingerprint density at radius 3 is 2.72 bits per heavy atom. The van der Waals surface area contributed by atoms with E-state index >= 15 is 0 Å². The summed E-state index contributed by atoms with van der Waals surface area (Å²) >= 11 is 0. The van der Waals surface area contributed by atoms with Crippen molar-refractivity contribution in [2.75, 3.05) is 13.2 Å². The lowest BCUT2D eigenvalue weighted by Gasteiger charge is -2.44. The molecule has 2 fully saturated rings. The summed E-state index contributed by atoms with van der Waals surface area (Å²) in [6, 6.07) is -0.193. The molecule has 0 radical (unpaired) electrons. The van der Waals surface area contributed by atoms with Crippen LogP contribution in [0.2, 0.25) is 0 Å². The van der Waals surface area contributed by atoms with Gasteiger partial charge in [0, 0.05) is 12.6 Å². The van der Waals surface area contributed by atoms with Gasteiger partial charge in [0.1, 0.15) is 6.04 Å². The van der Waals surface area contributed by atoms with Crippen molar-refractivity contribution in [1.29, 1.82) is 0 Å². The van der Waals surface area contributed by atoms with E-state index in [4.69, 9.17) is 4.74 Å². The fourth-order valence-corrected chi connectivity index (χ4v) is 2.92. The van der Waals surface area contributed by atoms with Crippen molar-refractivity contribution in [3.8, 4) is 0 Å². The highest BCUT2D eigenvalue weighted by atomic mass is 16.5. The molecule has 2 amide bonds. The van der Waals surface area contributed by atoms with E-state index in [2.05, 4.69) is 5.32 Å². The van der Waals surface area contributed by atoms with Crippen LogP contribution in [0.5, 0.6) is 0 Å². The molecule has 0 spiro atoms. The SMILES string of the molecule is CC1CC(N2C(=O)CNC(=O)C2C(C)C)CCO1. The molecule has 0 aromatic carbocycles. The highest BCUT2D eigenvalue weighted by Gasteiger charge is 2.41. The predicted octanol–water partition coefficient (Wildman–Crippen LogP) is 0.537. The zero-order chi connectivity index (χ0) is 13.3. The maximum Gasteiger partial charge on any atom is 0.243 e. The fraction of sp³-hybridized carbons (Fsp3) is 0.846. The Kier molecular flexibility index (Phi) is 3.90. The maximum absolute atomic E-state index is 12.1. The molecular formula is C13H22N2O3.